The van der Waals surface area contributed by atoms with E-state index in [9.17, 15) is 5.11 Å². The second-order valence-electron chi connectivity index (χ2n) is 5.32. The van der Waals surface area contributed by atoms with Gasteiger partial charge in [0.25, 0.3) is 0 Å². The third kappa shape index (κ3) is 3.15. The largest absolute Gasteiger partial charge is 0.496 e. The molecule has 0 bridgehead atoms. The molecule has 22 heavy (non-hydrogen) atoms. The van der Waals surface area contributed by atoms with Crippen LogP contribution < -0.4 is 9.64 Å². The normalized spacial score (nSPS) is 15.9. The van der Waals surface area contributed by atoms with E-state index in [2.05, 4.69) is 14.9 Å². The molecule has 0 aliphatic carbocycles. The van der Waals surface area contributed by atoms with E-state index < -0.39 is 0 Å². The summed E-state index contributed by atoms with van der Waals surface area (Å²) in [7, 11) is 1.63. The molecule has 3 rings (SSSR count). The molecule has 0 radical (unpaired) electrons. The van der Waals surface area contributed by atoms with Gasteiger partial charge in [0.15, 0.2) is 0 Å². The molecule has 6 heteroatoms. The highest BCUT2D eigenvalue weighted by atomic mass is 35.5. The predicted octanol–water partition coefficient (Wildman–Crippen LogP) is 2.77. The highest BCUT2D eigenvalue weighted by Crippen LogP contribution is 2.32. The van der Waals surface area contributed by atoms with E-state index in [1.165, 1.54) is 0 Å². The van der Waals surface area contributed by atoms with Crippen LogP contribution in [-0.2, 0) is 0 Å². The number of aromatic nitrogens is 2. The van der Waals surface area contributed by atoms with Gasteiger partial charge in [-0.3, -0.25) is 0 Å². The average Bonchev–Trinajstić information content (AvgIpc) is 2.55. The number of aliphatic hydroxyl groups excluding tert-OH is 1. The maximum absolute atomic E-state index is 9.61. The smallest absolute Gasteiger partial charge is 0.132 e. The Morgan fingerprint density at radius 1 is 1.23 bits per heavy atom. The van der Waals surface area contributed by atoms with Gasteiger partial charge in [-0.25, -0.2) is 9.97 Å². The number of halogens is 1. The molecule has 1 aliphatic heterocycles. The molecule has 116 valence electrons. The molecule has 0 unspecified atom stereocenters. The Morgan fingerprint density at radius 3 is 2.73 bits per heavy atom. The Kier molecular flexibility index (Phi) is 4.45. The summed E-state index contributed by atoms with van der Waals surface area (Å²) in [6.07, 6.45) is 2.88. The standard InChI is InChI=1S/C16H18ClN3O2/c1-22-15-3-2-11(17)8-13(15)14-9-16(19-10-18-14)20-6-4-12(21)5-7-20/h2-3,8-10,12,21H,4-7H2,1H3. The summed E-state index contributed by atoms with van der Waals surface area (Å²) in [6.45, 7) is 1.59. The van der Waals surface area contributed by atoms with Crippen LogP contribution in [0.1, 0.15) is 12.8 Å². The SMILES string of the molecule is COc1ccc(Cl)cc1-c1cc(N2CCC(O)CC2)ncn1. The van der Waals surface area contributed by atoms with Crippen molar-refractivity contribution in [2.75, 3.05) is 25.1 Å². The van der Waals surface area contributed by atoms with Gasteiger partial charge in [0.2, 0.25) is 0 Å². The zero-order chi connectivity index (χ0) is 15.5. The third-order valence-electron chi connectivity index (χ3n) is 3.88. The van der Waals surface area contributed by atoms with Crippen molar-refractivity contribution >= 4 is 17.4 Å². The molecular formula is C16H18ClN3O2. The fourth-order valence-corrected chi connectivity index (χ4v) is 2.81. The fraction of sp³-hybridized carbons (Fsp3) is 0.375. The highest BCUT2D eigenvalue weighted by molar-refractivity contribution is 6.30. The Morgan fingerprint density at radius 2 is 2.00 bits per heavy atom. The minimum atomic E-state index is -0.203. The van der Waals surface area contributed by atoms with E-state index in [0.29, 0.717) is 5.02 Å². The number of ether oxygens (including phenoxy) is 1. The number of hydrogen-bond donors (Lipinski definition) is 1. The highest BCUT2D eigenvalue weighted by Gasteiger charge is 2.19. The summed E-state index contributed by atoms with van der Waals surface area (Å²) in [6, 6.07) is 7.40. The van der Waals surface area contributed by atoms with E-state index >= 15 is 0 Å². The topological polar surface area (TPSA) is 58.5 Å². The maximum atomic E-state index is 9.61. The van der Waals surface area contributed by atoms with Crippen LogP contribution in [0.5, 0.6) is 5.75 Å². The van der Waals surface area contributed by atoms with Crippen molar-refractivity contribution in [3.05, 3.63) is 35.6 Å². The van der Waals surface area contributed by atoms with E-state index in [1.54, 1.807) is 19.5 Å². The first-order valence-electron chi connectivity index (χ1n) is 7.26. The Labute approximate surface area is 134 Å². The second kappa shape index (κ2) is 6.50. The molecule has 1 aromatic heterocycles. The molecule has 1 N–H and O–H groups in total. The summed E-state index contributed by atoms with van der Waals surface area (Å²) in [5.74, 6) is 1.59. The minimum absolute atomic E-state index is 0.203. The van der Waals surface area contributed by atoms with Gasteiger partial charge < -0.3 is 14.7 Å². The minimum Gasteiger partial charge on any atom is -0.496 e. The zero-order valence-corrected chi connectivity index (χ0v) is 13.1. The first kappa shape index (κ1) is 15.1. The van der Waals surface area contributed by atoms with E-state index in [-0.39, 0.29) is 6.10 Å². The number of hydrogen-bond acceptors (Lipinski definition) is 5. The molecule has 2 heterocycles. The molecular weight excluding hydrogens is 302 g/mol. The van der Waals surface area contributed by atoms with Crippen LogP contribution in [0.3, 0.4) is 0 Å². The van der Waals surface area contributed by atoms with Crippen LogP contribution in [0.25, 0.3) is 11.3 Å². The molecule has 2 aromatic rings. The molecule has 1 aromatic carbocycles. The Hall–Kier alpha value is -1.85. The zero-order valence-electron chi connectivity index (χ0n) is 12.4. The van der Waals surface area contributed by atoms with Crippen LogP contribution in [-0.4, -0.2) is 41.4 Å². The first-order chi connectivity index (χ1) is 10.7. The molecule has 0 amide bonds. The van der Waals surface area contributed by atoms with E-state index in [4.69, 9.17) is 16.3 Å². The van der Waals surface area contributed by atoms with Gasteiger partial charge >= 0.3 is 0 Å². The van der Waals surface area contributed by atoms with Gasteiger partial charge in [-0.2, -0.15) is 0 Å². The lowest BCUT2D eigenvalue weighted by Crippen LogP contribution is -2.36. The molecule has 1 saturated heterocycles. The summed E-state index contributed by atoms with van der Waals surface area (Å²) in [5, 5.41) is 10.3. The van der Waals surface area contributed by atoms with Crippen LogP contribution in [0.4, 0.5) is 5.82 Å². The Bertz CT molecular complexity index is 658. The van der Waals surface area contributed by atoms with Crippen molar-refractivity contribution < 1.29 is 9.84 Å². The molecule has 1 fully saturated rings. The monoisotopic (exact) mass is 319 g/mol. The molecule has 0 saturated carbocycles. The number of anilines is 1. The number of piperidine rings is 1. The van der Waals surface area contributed by atoms with Gasteiger partial charge in [-0.1, -0.05) is 11.6 Å². The summed E-state index contributed by atoms with van der Waals surface area (Å²) in [4.78, 5) is 10.9. The van der Waals surface area contributed by atoms with Crippen molar-refractivity contribution in [1.82, 2.24) is 9.97 Å². The summed E-state index contributed by atoms with van der Waals surface area (Å²) < 4.78 is 5.39. The van der Waals surface area contributed by atoms with Crippen LogP contribution in [0.2, 0.25) is 5.02 Å². The number of methoxy groups -OCH3 is 1. The quantitative estimate of drug-likeness (QED) is 0.942. The van der Waals surface area contributed by atoms with Gasteiger partial charge in [-0.15, -0.1) is 0 Å². The Balaban J connectivity index is 1.93. The number of nitrogens with zero attached hydrogens (tertiary/aromatic N) is 3. The third-order valence-corrected chi connectivity index (χ3v) is 4.11. The van der Waals surface area contributed by atoms with E-state index in [1.807, 2.05) is 18.2 Å². The molecule has 1 aliphatic rings. The van der Waals surface area contributed by atoms with Gasteiger partial charge in [0, 0.05) is 29.7 Å². The molecule has 0 atom stereocenters. The van der Waals surface area contributed by atoms with Crippen molar-refractivity contribution in [3.63, 3.8) is 0 Å². The van der Waals surface area contributed by atoms with Crippen molar-refractivity contribution in [2.45, 2.75) is 18.9 Å². The van der Waals surface area contributed by atoms with Crippen LogP contribution >= 0.6 is 11.6 Å². The molecule has 5 nitrogen and oxygen atoms in total. The van der Waals surface area contributed by atoms with Crippen molar-refractivity contribution in [1.29, 1.82) is 0 Å². The number of benzene rings is 1. The number of rotatable bonds is 3. The lowest BCUT2D eigenvalue weighted by Gasteiger charge is -2.30. The first-order valence-corrected chi connectivity index (χ1v) is 7.64. The average molecular weight is 320 g/mol. The lowest BCUT2D eigenvalue weighted by molar-refractivity contribution is 0.145. The van der Waals surface area contributed by atoms with Gasteiger partial charge in [0.05, 0.1) is 18.9 Å². The van der Waals surface area contributed by atoms with E-state index in [0.717, 1.165) is 48.8 Å². The lowest BCUT2D eigenvalue weighted by atomic mass is 10.1. The van der Waals surface area contributed by atoms with Gasteiger partial charge in [0.1, 0.15) is 17.9 Å². The van der Waals surface area contributed by atoms with Crippen LogP contribution in [0, 0.1) is 0 Å². The predicted molar refractivity (Wildman–Crippen MR) is 86.5 cm³/mol. The summed E-state index contributed by atoms with van der Waals surface area (Å²) >= 11 is 6.09. The maximum Gasteiger partial charge on any atom is 0.132 e. The second-order valence-corrected chi connectivity index (χ2v) is 5.76. The van der Waals surface area contributed by atoms with Crippen molar-refractivity contribution in [2.24, 2.45) is 0 Å². The molecule has 0 spiro atoms. The van der Waals surface area contributed by atoms with Gasteiger partial charge in [-0.05, 0) is 31.0 Å². The fourth-order valence-electron chi connectivity index (χ4n) is 2.64. The number of aliphatic hydroxyl groups is 1. The van der Waals surface area contributed by atoms with Crippen LogP contribution in [0.15, 0.2) is 30.6 Å². The van der Waals surface area contributed by atoms with Crippen molar-refractivity contribution in [3.8, 4) is 17.0 Å². The summed E-state index contributed by atoms with van der Waals surface area (Å²) in [5.41, 5.74) is 1.62.